The summed E-state index contributed by atoms with van der Waals surface area (Å²) in [5.74, 6) is -8.86. The molecule has 0 saturated carbocycles. The molecule has 0 bridgehead atoms. The summed E-state index contributed by atoms with van der Waals surface area (Å²) in [5, 5.41) is 24.4. The third-order valence-corrected chi connectivity index (χ3v) is 11.6. The van der Waals surface area contributed by atoms with Crippen molar-refractivity contribution in [2.24, 2.45) is 5.41 Å². The van der Waals surface area contributed by atoms with E-state index in [4.69, 9.17) is 30.4 Å². The molecule has 0 aliphatic heterocycles. The predicted molar refractivity (Wildman–Crippen MR) is 269 cm³/mol. The van der Waals surface area contributed by atoms with Gasteiger partial charge in [0.15, 0.2) is 5.78 Å². The van der Waals surface area contributed by atoms with Crippen molar-refractivity contribution < 1.29 is 84.3 Å². The minimum Gasteiger partial charge on any atom is -0.427 e. The number of esters is 4. The summed E-state index contributed by atoms with van der Waals surface area (Å²) >= 11 is 0. The number of halogens is 6. The maximum atomic E-state index is 14.2. The Bertz CT molecular complexity index is 3050. The fraction of sp³-hybridized carbons (Fsp3) is 0.193. The molecule has 77 heavy (non-hydrogen) atoms. The molecular weight excluding hydrogens is 1020 g/mol. The first kappa shape index (κ1) is 57.4. The second-order valence-electron chi connectivity index (χ2n) is 17.6. The molecule has 0 radical (unpaired) electrons. The first-order valence-corrected chi connectivity index (χ1v) is 23.3. The molecule has 0 heterocycles. The van der Waals surface area contributed by atoms with Crippen LogP contribution >= 0.6 is 0 Å². The average Bonchev–Trinajstić information content (AvgIpc) is 3.40. The van der Waals surface area contributed by atoms with Crippen LogP contribution in [0.5, 0.6) is 23.0 Å². The van der Waals surface area contributed by atoms with E-state index in [1.807, 2.05) is 0 Å². The lowest BCUT2D eigenvalue weighted by atomic mass is 9.65. The number of carbonyl (C=O) groups is 6. The van der Waals surface area contributed by atoms with Gasteiger partial charge in [-0.25, -0.2) is 9.59 Å². The highest BCUT2D eigenvalue weighted by Gasteiger charge is 2.54. The Morgan fingerprint density at radius 1 is 0.455 bits per heavy atom. The number of nitrogen functional groups attached to an aromatic ring is 2. The van der Waals surface area contributed by atoms with Gasteiger partial charge in [-0.05, 0) is 144 Å². The van der Waals surface area contributed by atoms with E-state index in [1.54, 1.807) is 48.5 Å². The number of ether oxygens (including phenoxy) is 4. The molecule has 0 aliphatic rings. The summed E-state index contributed by atoms with van der Waals surface area (Å²) in [6.07, 6.45) is -9.71. The SMILES string of the molecule is Nc1ccc(CC(CC(=O)/C=C/c2ccc(OC(=O)c3ccc(OC(=O)CCC(F)(F)F)cc3)cc2)(Cc2ccc(N)cc2)C(O)(O)C(=O)/C=C/c2ccc(OC(=O)c3ccc(OC(=O)CCC(F)(F)F)cc3)cc2)cc1. The minimum absolute atomic E-state index is 0.0201. The number of ketones is 2. The lowest BCUT2D eigenvalue weighted by molar-refractivity contribution is -0.230. The van der Waals surface area contributed by atoms with Gasteiger partial charge in [0.05, 0.1) is 36.8 Å². The number of carbonyl (C=O) groups excluding carboxylic acids is 6. The van der Waals surface area contributed by atoms with Gasteiger partial charge in [-0.1, -0.05) is 60.7 Å². The monoisotopic (exact) mass is 1070 g/mol. The van der Waals surface area contributed by atoms with Gasteiger partial charge >= 0.3 is 36.2 Å². The lowest BCUT2D eigenvalue weighted by Gasteiger charge is -2.42. The van der Waals surface area contributed by atoms with Gasteiger partial charge in [-0.3, -0.25) is 19.2 Å². The molecule has 0 aromatic heterocycles. The van der Waals surface area contributed by atoms with Crippen LogP contribution in [0.4, 0.5) is 37.7 Å². The van der Waals surface area contributed by atoms with E-state index in [2.05, 4.69) is 0 Å². The van der Waals surface area contributed by atoms with E-state index in [0.717, 1.165) is 6.08 Å². The number of anilines is 2. The van der Waals surface area contributed by atoms with Crippen molar-refractivity contribution in [3.05, 3.63) is 191 Å². The normalized spacial score (nSPS) is 12.1. The van der Waals surface area contributed by atoms with Crippen LogP contribution in [0.3, 0.4) is 0 Å². The maximum Gasteiger partial charge on any atom is 0.389 e. The van der Waals surface area contributed by atoms with E-state index in [-0.39, 0.29) is 47.0 Å². The Morgan fingerprint density at radius 2 is 0.792 bits per heavy atom. The highest BCUT2D eigenvalue weighted by molar-refractivity contribution is 6.01. The van der Waals surface area contributed by atoms with Gasteiger partial charge in [-0.15, -0.1) is 0 Å². The van der Waals surface area contributed by atoms with Crippen LogP contribution < -0.4 is 30.4 Å². The summed E-state index contributed by atoms with van der Waals surface area (Å²) in [4.78, 5) is 77.5. The summed E-state index contributed by atoms with van der Waals surface area (Å²) in [6, 6.07) is 34.4. The largest absolute Gasteiger partial charge is 0.427 e. The first-order chi connectivity index (χ1) is 36.3. The summed E-state index contributed by atoms with van der Waals surface area (Å²) in [6.45, 7) is 0. The predicted octanol–water partition coefficient (Wildman–Crippen LogP) is 10.2. The van der Waals surface area contributed by atoms with Crippen molar-refractivity contribution in [2.45, 2.75) is 63.1 Å². The molecule has 6 rings (SSSR count). The second-order valence-corrected chi connectivity index (χ2v) is 17.6. The van der Waals surface area contributed by atoms with Crippen molar-refractivity contribution >= 4 is 59.0 Å². The summed E-state index contributed by atoms with van der Waals surface area (Å²) < 4.78 is 95.2. The van der Waals surface area contributed by atoms with Crippen molar-refractivity contribution in [1.29, 1.82) is 0 Å². The fourth-order valence-electron chi connectivity index (χ4n) is 7.54. The molecule has 0 fully saturated rings. The van der Waals surface area contributed by atoms with Crippen LogP contribution in [0.2, 0.25) is 0 Å². The van der Waals surface area contributed by atoms with Crippen LogP contribution in [0.1, 0.15) is 75.1 Å². The van der Waals surface area contributed by atoms with E-state index in [1.165, 1.54) is 115 Å². The van der Waals surface area contributed by atoms with Crippen molar-refractivity contribution in [3.8, 4) is 23.0 Å². The van der Waals surface area contributed by atoms with E-state index in [0.29, 0.717) is 33.6 Å². The molecule has 400 valence electrons. The first-order valence-electron chi connectivity index (χ1n) is 23.3. The molecular formula is C57H48F6N2O12. The molecule has 6 aromatic carbocycles. The number of hydrogen-bond acceptors (Lipinski definition) is 14. The number of allylic oxidation sites excluding steroid dienone is 1. The molecule has 0 amide bonds. The highest BCUT2D eigenvalue weighted by Crippen LogP contribution is 2.43. The Balaban J connectivity index is 1.15. The number of benzene rings is 6. The lowest BCUT2D eigenvalue weighted by Crippen LogP contribution is -2.57. The third kappa shape index (κ3) is 17.6. The van der Waals surface area contributed by atoms with E-state index < -0.39 is 91.1 Å². The van der Waals surface area contributed by atoms with E-state index in [9.17, 15) is 65.3 Å². The number of hydrogen-bond donors (Lipinski definition) is 4. The molecule has 6 N–H and O–H groups in total. The number of aliphatic hydroxyl groups is 2. The smallest absolute Gasteiger partial charge is 0.389 e. The molecule has 0 atom stereocenters. The highest BCUT2D eigenvalue weighted by atomic mass is 19.4. The van der Waals surface area contributed by atoms with Crippen LogP contribution in [-0.2, 0) is 32.0 Å². The number of alkyl halides is 6. The molecule has 6 aromatic rings. The van der Waals surface area contributed by atoms with Crippen molar-refractivity contribution in [3.63, 3.8) is 0 Å². The van der Waals surface area contributed by atoms with Gasteiger partial charge in [0.1, 0.15) is 23.0 Å². The maximum absolute atomic E-state index is 14.2. The Hall–Kier alpha value is -8.88. The molecule has 0 unspecified atom stereocenters. The van der Waals surface area contributed by atoms with E-state index >= 15 is 0 Å². The second kappa shape index (κ2) is 25.1. The van der Waals surface area contributed by atoms with Crippen molar-refractivity contribution in [1.82, 2.24) is 0 Å². The quantitative estimate of drug-likeness (QED) is 0.0124. The van der Waals surface area contributed by atoms with Gasteiger partial charge in [-0.2, -0.15) is 26.3 Å². The number of nitrogens with two attached hydrogens (primary N) is 2. The molecule has 14 nitrogen and oxygen atoms in total. The molecule has 20 heteroatoms. The Kier molecular flexibility index (Phi) is 18.7. The topological polar surface area (TPSA) is 232 Å². The zero-order chi connectivity index (χ0) is 56.0. The van der Waals surface area contributed by atoms with Crippen LogP contribution in [0, 0.1) is 5.41 Å². The fourth-order valence-corrected chi connectivity index (χ4v) is 7.54. The van der Waals surface area contributed by atoms with Gasteiger partial charge < -0.3 is 40.6 Å². The minimum atomic E-state index is -4.53. The summed E-state index contributed by atoms with van der Waals surface area (Å²) in [5.41, 5.74) is 12.6. The molecule has 0 saturated heterocycles. The van der Waals surface area contributed by atoms with Crippen LogP contribution in [0.15, 0.2) is 158 Å². The average molecular weight is 1070 g/mol. The number of rotatable bonds is 22. The van der Waals surface area contributed by atoms with Gasteiger partial charge in [0.2, 0.25) is 11.6 Å². The zero-order valence-corrected chi connectivity index (χ0v) is 40.5. The molecule has 0 spiro atoms. The molecule has 0 aliphatic carbocycles. The standard InChI is InChI=1S/C57H48F6N2O12/c58-55(59,60)31-29-50(68)74-45-24-11-40(12-25-45)52(70)76-47-20-6-36(7-21-47)5-19-44(66)35-54(33-38-1-15-42(64)16-2-38,34-39-3-17-43(65)18-4-39)57(72,73)49(67)28-10-37-8-22-48(23-9-37)77-53(71)41-13-26-46(27-14-41)75-51(69)30-32-56(61,62)63/h1-28,72-73H,29-35,64-65H2/b19-5+,28-10+. The van der Waals surface area contributed by atoms with Gasteiger partial charge in [0.25, 0.3) is 0 Å². The zero-order valence-electron chi connectivity index (χ0n) is 40.5. The third-order valence-electron chi connectivity index (χ3n) is 11.6. The Labute approximate surface area is 436 Å². The Morgan fingerprint density at radius 3 is 1.16 bits per heavy atom. The summed E-state index contributed by atoms with van der Waals surface area (Å²) in [7, 11) is 0. The van der Waals surface area contributed by atoms with Crippen LogP contribution in [-0.4, -0.2) is 63.8 Å². The van der Waals surface area contributed by atoms with Gasteiger partial charge in [0, 0.05) is 23.2 Å². The van der Waals surface area contributed by atoms with Crippen LogP contribution in [0.25, 0.3) is 12.2 Å². The van der Waals surface area contributed by atoms with Crippen molar-refractivity contribution in [2.75, 3.05) is 11.5 Å².